The third-order valence-corrected chi connectivity index (χ3v) is 5.07. The van der Waals surface area contributed by atoms with Crippen molar-refractivity contribution in [2.75, 3.05) is 13.7 Å². The zero-order valence-electron chi connectivity index (χ0n) is 17.2. The lowest BCUT2D eigenvalue weighted by Gasteiger charge is -2.08. The fourth-order valence-electron chi connectivity index (χ4n) is 3.52. The molecule has 0 saturated carbocycles. The predicted octanol–water partition coefficient (Wildman–Crippen LogP) is 6.80. The quantitative estimate of drug-likeness (QED) is 0.350. The highest BCUT2D eigenvalue weighted by molar-refractivity contribution is 5.96. The van der Waals surface area contributed by atoms with Gasteiger partial charge >= 0.3 is 0 Å². The van der Waals surface area contributed by atoms with Crippen LogP contribution in [0, 0.1) is 6.92 Å². The van der Waals surface area contributed by atoms with Gasteiger partial charge in [-0.3, -0.25) is 0 Å². The maximum absolute atomic E-state index is 6.31. The minimum Gasteiger partial charge on any atom is -0.497 e. The Morgan fingerprint density at radius 3 is 2.28 bits per heavy atom. The second-order valence-electron chi connectivity index (χ2n) is 7.30. The summed E-state index contributed by atoms with van der Waals surface area (Å²) in [5, 5.41) is 1.09. The van der Waals surface area contributed by atoms with Gasteiger partial charge < -0.3 is 13.9 Å². The first-order valence-corrected chi connectivity index (χ1v) is 10.1. The Balaban J connectivity index is 1.78. The molecule has 29 heavy (non-hydrogen) atoms. The molecule has 0 radical (unpaired) electrons. The van der Waals surface area contributed by atoms with Crippen LogP contribution in [0.2, 0.25) is 0 Å². The average Bonchev–Trinajstić information content (AvgIpc) is 3.11. The van der Waals surface area contributed by atoms with Gasteiger partial charge in [0, 0.05) is 23.4 Å². The smallest absolute Gasteiger partial charge is 0.138 e. The largest absolute Gasteiger partial charge is 0.497 e. The first-order valence-electron chi connectivity index (χ1n) is 10.1. The monoisotopic (exact) mass is 386 g/mol. The van der Waals surface area contributed by atoms with Gasteiger partial charge in [-0.2, -0.15) is 0 Å². The molecule has 1 aromatic heterocycles. The highest BCUT2D eigenvalue weighted by Crippen LogP contribution is 2.38. The van der Waals surface area contributed by atoms with Gasteiger partial charge in [-0.25, -0.2) is 0 Å². The number of benzene rings is 3. The Kier molecular flexibility index (Phi) is 5.57. The van der Waals surface area contributed by atoms with Gasteiger partial charge in [0.15, 0.2) is 0 Å². The van der Waals surface area contributed by atoms with Crippen LogP contribution >= 0.6 is 0 Å². The van der Waals surface area contributed by atoms with Crippen molar-refractivity contribution in [3.05, 3.63) is 83.6 Å². The average molecular weight is 386 g/mol. The summed E-state index contributed by atoms with van der Waals surface area (Å²) in [7, 11) is 1.67. The molecule has 4 rings (SSSR count). The Labute approximate surface area is 171 Å². The molecule has 0 amide bonds. The van der Waals surface area contributed by atoms with Crippen LogP contribution < -0.4 is 9.47 Å². The first-order chi connectivity index (χ1) is 14.2. The number of methoxy groups -OCH3 is 1. The standard InChI is InChI=1S/C26H26O3/c1-4-15-28-21-11-9-20(10-12-21)26-23-14-13-22(27-3)17-24(23)29-25(26)16-19-7-5-18(2)6-8-19/h5-14,17H,4,15-16H2,1-3H3. The molecule has 0 bridgehead atoms. The van der Waals surface area contributed by atoms with Crippen molar-refractivity contribution < 1.29 is 13.9 Å². The molecule has 3 aromatic carbocycles. The first kappa shape index (κ1) is 19.1. The molecule has 4 aromatic rings. The summed E-state index contributed by atoms with van der Waals surface area (Å²) in [5.41, 5.74) is 5.58. The van der Waals surface area contributed by atoms with E-state index in [1.165, 1.54) is 11.1 Å². The predicted molar refractivity (Wildman–Crippen MR) is 118 cm³/mol. The van der Waals surface area contributed by atoms with Crippen molar-refractivity contribution in [3.63, 3.8) is 0 Å². The van der Waals surface area contributed by atoms with Crippen molar-refractivity contribution in [2.45, 2.75) is 26.7 Å². The lowest BCUT2D eigenvalue weighted by molar-refractivity contribution is 0.317. The summed E-state index contributed by atoms with van der Waals surface area (Å²) in [6.07, 6.45) is 1.73. The lowest BCUT2D eigenvalue weighted by atomic mass is 9.98. The number of rotatable bonds is 7. The number of aryl methyl sites for hydroxylation is 1. The lowest BCUT2D eigenvalue weighted by Crippen LogP contribution is -1.94. The molecule has 0 spiro atoms. The number of fused-ring (bicyclic) bond motifs is 1. The van der Waals surface area contributed by atoms with E-state index < -0.39 is 0 Å². The Morgan fingerprint density at radius 2 is 1.59 bits per heavy atom. The van der Waals surface area contributed by atoms with Crippen molar-refractivity contribution in [3.8, 4) is 22.6 Å². The van der Waals surface area contributed by atoms with Crippen molar-refractivity contribution in [2.24, 2.45) is 0 Å². The molecule has 3 heteroatoms. The van der Waals surface area contributed by atoms with Crippen LogP contribution in [0.3, 0.4) is 0 Å². The number of furan rings is 1. The van der Waals surface area contributed by atoms with Crippen LogP contribution in [0.4, 0.5) is 0 Å². The maximum atomic E-state index is 6.31. The van der Waals surface area contributed by atoms with Crippen molar-refractivity contribution in [1.29, 1.82) is 0 Å². The number of hydrogen-bond acceptors (Lipinski definition) is 3. The number of hydrogen-bond donors (Lipinski definition) is 0. The summed E-state index contributed by atoms with van der Waals surface area (Å²) in [6, 6.07) is 22.9. The molecule has 0 saturated heterocycles. The molecule has 0 aliphatic heterocycles. The normalized spacial score (nSPS) is 11.0. The molecule has 0 unspecified atom stereocenters. The van der Waals surface area contributed by atoms with Crippen LogP contribution in [-0.2, 0) is 6.42 Å². The van der Waals surface area contributed by atoms with Gasteiger partial charge in [0.1, 0.15) is 22.8 Å². The molecule has 0 aliphatic carbocycles. The third kappa shape index (κ3) is 4.14. The Morgan fingerprint density at radius 1 is 0.862 bits per heavy atom. The van der Waals surface area contributed by atoms with E-state index in [1.54, 1.807) is 7.11 Å². The third-order valence-electron chi connectivity index (χ3n) is 5.07. The van der Waals surface area contributed by atoms with Crippen molar-refractivity contribution in [1.82, 2.24) is 0 Å². The van der Waals surface area contributed by atoms with Crippen LogP contribution in [0.25, 0.3) is 22.1 Å². The highest BCUT2D eigenvalue weighted by atomic mass is 16.5. The molecule has 0 fully saturated rings. The van der Waals surface area contributed by atoms with E-state index in [0.29, 0.717) is 0 Å². The Hall–Kier alpha value is -3.20. The summed E-state index contributed by atoms with van der Waals surface area (Å²) in [6.45, 7) is 4.94. The van der Waals surface area contributed by atoms with E-state index in [9.17, 15) is 0 Å². The van der Waals surface area contributed by atoms with Gasteiger partial charge in [0.25, 0.3) is 0 Å². The summed E-state index contributed by atoms with van der Waals surface area (Å²) in [5.74, 6) is 2.65. The molecule has 148 valence electrons. The molecular formula is C26H26O3. The topological polar surface area (TPSA) is 31.6 Å². The summed E-state index contributed by atoms with van der Waals surface area (Å²) in [4.78, 5) is 0. The molecule has 0 aliphatic rings. The van der Waals surface area contributed by atoms with E-state index in [4.69, 9.17) is 13.9 Å². The summed E-state index contributed by atoms with van der Waals surface area (Å²) >= 11 is 0. The van der Waals surface area contributed by atoms with Gasteiger partial charge in [0.2, 0.25) is 0 Å². The van der Waals surface area contributed by atoms with E-state index in [2.05, 4.69) is 56.3 Å². The summed E-state index contributed by atoms with van der Waals surface area (Å²) < 4.78 is 17.4. The minimum atomic E-state index is 0.729. The molecule has 1 heterocycles. The van der Waals surface area contributed by atoms with Crippen LogP contribution in [-0.4, -0.2) is 13.7 Å². The van der Waals surface area contributed by atoms with Crippen LogP contribution in [0.5, 0.6) is 11.5 Å². The maximum Gasteiger partial charge on any atom is 0.138 e. The Bertz CT molecular complexity index is 1090. The van der Waals surface area contributed by atoms with Crippen molar-refractivity contribution >= 4 is 11.0 Å². The molecule has 3 nitrogen and oxygen atoms in total. The van der Waals surface area contributed by atoms with Gasteiger partial charge in [-0.05, 0) is 48.7 Å². The molecular weight excluding hydrogens is 360 g/mol. The SMILES string of the molecule is CCCOc1ccc(-c2c(Cc3ccc(C)cc3)oc3cc(OC)ccc23)cc1. The van der Waals surface area contributed by atoms with Gasteiger partial charge in [-0.1, -0.05) is 48.9 Å². The number of ether oxygens (including phenoxy) is 2. The van der Waals surface area contributed by atoms with E-state index in [-0.39, 0.29) is 0 Å². The fourth-order valence-corrected chi connectivity index (χ4v) is 3.52. The van der Waals surface area contributed by atoms with Gasteiger partial charge in [0.05, 0.1) is 13.7 Å². The second kappa shape index (κ2) is 8.44. The zero-order chi connectivity index (χ0) is 20.2. The van der Waals surface area contributed by atoms with E-state index in [0.717, 1.165) is 58.8 Å². The minimum absolute atomic E-state index is 0.729. The highest BCUT2D eigenvalue weighted by Gasteiger charge is 2.17. The van der Waals surface area contributed by atoms with Crippen LogP contribution in [0.15, 0.2) is 71.1 Å². The van der Waals surface area contributed by atoms with Crippen LogP contribution in [0.1, 0.15) is 30.2 Å². The molecule has 0 atom stereocenters. The van der Waals surface area contributed by atoms with E-state index >= 15 is 0 Å². The second-order valence-corrected chi connectivity index (χ2v) is 7.30. The molecule has 0 N–H and O–H groups in total. The fraction of sp³-hybridized carbons (Fsp3) is 0.231. The van der Waals surface area contributed by atoms with E-state index in [1.807, 2.05) is 24.3 Å². The zero-order valence-corrected chi connectivity index (χ0v) is 17.2. The van der Waals surface area contributed by atoms with Gasteiger partial charge in [-0.15, -0.1) is 0 Å².